The van der Waals surface area contributed by atoms with Gasteiger partial charge in [-0.3, -0.25) is 9.88 Å². The van der Waals surface area contributed by atoms with Gasteiger partial charge in [0.05, 0.1) is 30.3 Å². The number of halogens is 1. The molecule has 0 amide bonds. The van der Waals surface area contributed by atoms with Crippen LogP contribution in [0.2, 0.25) is 5.15 Å². The van der Waals surface area contributed by atoms with Gasteiger partial charge in [-0.15, -0.1) is 0 Å². The summed E-state index contributed by atoms with van der Waals surface area (Å²) in [6.07, 6.45) is 6.62. The number of ether oxygens (including phenoxy) is 1. The molecule has 2 unspecified atom stereocenters. The minimum atomic E-state index is 0.430. The van der Waals surface area contributed by atoms with E-state index in [2.05, 4.69) is 14.9 Å². The molecular weight excluding hydrogens is 226 g/mol. The third-order valence-electron chi connectivity index (χ3n) is 3.18. The van der Waals surface area contributed by atoms with E-state index in [4.69, 9.17) is 16.3 Å². The van der Waals surface area contributed by atoms with Gasteiger partial charge < -0.3 is 4.74 Å². The second-order valence-corrected chi connectivity index (χ2v) is 4.87. The Morgan fingerprint density at radius 3 is 2.62 bits per heavy atom. The minimum absolute atomic E-state index is 0.430. The van der Waals surface area contributed by atoms with Gasteiger partial charge in [0, 0.05) is 19.6 Å². The topological polar surface area (TPSA) is 38.2 Å². The van der Waals surface area contributed by atoms with Gasteiger partial charge in [0.2, 0.25) is 0 Å². The van der Waals surface area contributed by atoms with Crippen molar-refractivity contribution in [2.75, 3.05) is 13.1 Å². The molecule has 1 aromatic heterocycles. The maximum atomic E-state index is 5.79. The molecule has 0 spiro atoms. The smallest absolute Gasteiger partial charge is 0.147 e. The first-order chi connectivity index (χ1) is 7.79. The van der Waals surface area contributed by atoms with Crippen molar-refractivity contribution >= 4 is 11.6 Å². The Labute approximate surface area is 99.6 Å². The summed E-state index contributed by atoms with van der Waals surface area (Å²) in [4.78, 5) is 10.7. The zero-order valence-corrected chi connectivity index (χ0v) is 9.73. The molecular formula is C11H14ClN3O. The van der Waals surface area contributed by atoms with Crippen LogP contribution in [0, 0.1) is 0 Å². The van der Waals surface area contributed by atoms with Crippen molar-refractivity contribution < 1.29 is 4.74 Å². The quantitative estimate of drug-likeness (QED) is 0.784. The summed E-state index contributed by atoms with van der Waals surface area (Å²) in [6, 6.07) is 0. The van der Waals surface area contributed by atoms with E-state index < -0.39 is 0 Å². The summed E-state index contributed by atoms with van der Waals surface area (Å²) >= 11 is 5.70. The fraction of sp³-hybridized carbons (Fsp3) is 0.636. The van der Waals surface area contributed by atoms with E-state index in [1.165, 1.54) is 12.8 Å². The molecule has 0 radical (unpaired) electrons. The number of nitrogens with zero attached hydrogens (tertiary/aromatic N) is 3. The predicted molar refractivity (Wildman–Crippen MR) is 60.2 cm³/mol. The lowest BCUT2D eigenvalue weighted by atomic mass is 10.2. The van der Waals surface area contributed by atoms with Crippen molar-refractivity contribution in [2.24, 2.45) is 0 Å². The first kappa shape index (κ1) is 10.4. The van der Waals surface area contributed by atoms with Crippen molar-refractivity contribution in [3.63, 3.8) is 0 Å². The van der Waals surface area contributed by atoms with Crippen LogP contribution in [0.5, 0.6) is 0 Å². The second-order valence-electron chi connectivity index (χ2n) is 4.48. The normalized spacial score (nSPS) is 29.6. The van der Waals surface area contributed by atoms with Crippen molar-refractivity contribution in [3.8, 4) is 0 Å². The van der Waals surface area contributed by atoms with Crippen LogP contribution >= 0.6 is 11.6 Å². The Morgan fingerprint density at radius 2 is 2.00 bits per heavy atom. The summed E-state index contributed by atoms with van der Waals surface area (Å²) in [5, 5.41) is 0.450. The molecule has 5 heteroatoms. The Bertz CT molecular complexity index is 358. The maximum Gasteiger partial charge on any atom is 0.147 e. The van der Waals surface area contributed by atoms with Crippen LogP contribution < -0.4 is 0 Å². The van der Waals surface area contributed by atoms with E-state index in [0.717, 1.165) is 25.3 Å². The molecule has 3 heterocycles. The average molecular weight is 240 g/mol. The summed E-state index contributed by atoms with van der Waals surface area (Å²) < 4.78 is 5.79. The lowest BCUT2D eigenvalue weighted by molar-refractivity contribution is -0.0414. The first-order valence-electron chi connectivity index (χ1n) is 5.64. The van der Waals surface area contributed by atoms with E-state index in [1.54, 1.807) is 12.4 Å². The van der Waals surface area contributed by atoms with Crippen molar-refractivity contribution in [1.29, 1.82) is 0 Å². The Balaban J connectivity index is 1.64. The van der Waals surface area contributed by atoms with Crippen molar-refractivity contribution in [3.05, 3.63) is 23.2 Å². The van der Waals surface area contributed by atoms with Gasteiger partial charge in [-0.2, -0.15) is 0 Å². The summed E-state index contributed by atoms with van der Waals surface area (Å²) in [7, 11) is 0. The highest BCUT2D eigenvalue weighted by molar-refractivity contribution is 6.29. The number of aromatic nitrogens is 2. The van der Waals surface area contributed by atoms with Crippen molar-refractivity contribution in [2.45, 2.75) is 31.6 Å². The molecule has 1 aromatic rings. The van der Waals surface area contributed by atoms with E-state index in [0.29, 0.717) is 17.4 Å². The molecule has 2 fully saturated rings. The molecule has 0 aromatic carbocycles. The van der Waals surface area contributed by atoms with Crippen LogP contribution in [0.4, 0.5) is 0 Å². The molecule has 4 nitrogen and oxygen atoms in total. The number of morpholine rings is 1. The van der Waals surface area contributed by atoms with Gasteiger partial charge in [-0.05, 0) is 12.8 Å². The molecule has 2 aliphatic rings. The monoisotopic (exact) mass is 239 g/mol. The van der Waals surface area contributed by atoms with Crippen LogP contribution in [0.1, 0.15) is 18.5 Å². The summed E-state index contributed by atoms with van der Waals surface area (Å²) in [5.41, 5.74) is 0.978. The van der Waals surface area contributed by atoms with E-state index in [-0.39, 0.29) is 0 Å². The van der Waals surface area contributed by atoms with Crippen LogP contribution in [0.25, 0.3) is 0 Å². The molecule has 2 atom stereocenters. The Morgan fingerprint density at radius 1 is 1.25 bits per heavy atom. The zero-order chi connectivity index (χ0) is 11.0. The van der Waals surface area contributed by atoms with Crippen LogP contribution in [0.15, 0.2) is 12.4 Å². The van der Waals surface area contributed by atoms with Gasteiger partial charge >= 0.3 is 0 Å². The van der Waals surface area contributed by atoms with Gasteiger partial charge in [0.25, 0.3) is 0 Å². The maximum absolute atomic E-state index is 5.79. The standard InChI is InChI=1S/C11H14ClN3O/c12-11-4-13-8(3-14-11)5-15-6-9-1-2-10(7-15)16-9/h3-4,9-10H,1-2,5-7H2. The second kappa shape index (κ2) is 4.28. The molecule has 16 heavy (non-hydrogen) atoms. The first-order valence-corrected chi connectivity index (χ1v) is 6.01. The molecule has 0 aliphatic carbocycles. The number of rotatable bonds is 2. The fourth-order valence-corrected chi connectivity index (χ4v) is 2.58. The fourth-order valence-electron chi connectivity index (χ4n) is 2.48. The predicted octanol–water partition coefficient (Wildman–Crippen LogP) is 1.49. The minimum Gasteiger partial charge on any atom is -0.372 e. The molecule has 0 saturated carbocycles. The highest BCUT2D eigenvalue weighted by Crippen LogP contribution is 2.26. The number of fused-ring (bicyclic) bond motifs is 2. The molecule has 3 rings (SSSR count). The number of hydrogen-bond acceptors (Lipinski definition) is 4. The zero-order valence-electron chi connectivity index (χ0n) is 8.97. The average Bonchev–Trinajstić information content (AvgIpc) is 2.62. The third-order valence-corrected chi connectivity index (χ3v) is 3.37. The van der Waals surface area contributed by atoms with E-state index in [1.807, 2.05) is 0 Å². The molecule has 86 valence electrons. The lowest BCUT2D eigenvalue weighted by Crippen LogP contribution is -2.42. The molecule has 2 saturated heterocycles. The lowest BCUT2D eigenvalue weighted by Gasteiger charge is -2.31. The van der Waals surface area contributed by atoms with E-state index >= 15 is 0 Å². The largest absolute Gasteiger partial charge is 0.372 e. The van der Waals surface area contributed by atoms with Gasteiger partial charge in [-0.25, -0.2) is 4.98 Å². The van der Waals surface area contributed by atoms with Crippen LogP contribution in [-0.4, -0.2) is 40.2 Å². The number of hydrogen-bond donors (Lipinski definition) is 0. The van der Waals surface area contributed by atoms with Crippen molar-refractivity contribution in [1.82, 2.24) is 14.9 Å². The SMILES string of the molecule is Clc1cnc(CN2CC3CCC(C2)O3)cn1. The molecule has 2 aliphatic heterocycles. The highest BCUT2D eigenvalue weighted by Gasteiger charge is 2.33. The molecule has 2 bridgehead atoms. The summed E-state index contributed by atoms with van der Waals surface area (Å²) in [5.74, 6) is 0. The third kappa shape index (κ3) is 2.19. The van der Waals surface area contributed by atoms with Gasteiger partial charge in [0.1, 0.15) is 5.15 Å². The molecule has 0 N–H and O–H groups in total. The van der Waals surface area contributed by atoms with E-state index in [9.17, 15) is 0 Å². The Hall–Kier alpha value is -0.710. The van der Waals surface area contributed by atoms with Gasteiger partial charge in [-0.1, -0.05) is 11.6 Å². The van der Waals surface area contributed by atoms with Crippen LogP contribution in [-0.2, 0) is 11.3 Å². The summed E-state index contributed by atoms with van der Waals surface area (Å²) in [6.45, 7) is 2.88. The van der Waals surface area contributed by atoms with Crippen LogP contribution in [0.3, 0.4) is 0 Å². The number of likely N-dealkylation sites (tertiary alicyclic amines) is 1. The Kier molecular flexibility index (Phi) is 2.79. The highest BCUT2D eigenvalue weighted by atomic mass is 35.5. The van der Waals surface area contributed by atoms with Gasteiger partial charge in [0.15, 0.2) is 0 Å².